The fourth-order valence-electron chi connectivity index (χ4n) is 1.81. The van der Waals surface area contributed by atoms with Gasteiger partial charge in [0.05, 0.1) is 4.91 Å². The lowest BCUT2D eigenvalue weighted by Gasteiger charge is -2.08. The van der Waals surface area contributed by atoms with Crippen LogP contribution in [0.5, 0.6) is 0 Å². The van der Waals surface area contributed by atoms with E-state index in [-0.39, 0.29) is 11.1 Å². The van der Waals surface area contributed by atoms with Crippen molar-refractivity contribution in [2.75, 3.05) is 4.90 Å². The van der Waals surface area contributed by atoms with E-state index >= 15 is 0 Å². The number of benzene rings is 1. The van der Waals surface area contributed by atoms with Crippen molar-refractivity contribution in [1.29, 1.82) is 5.41 Å². The molecule has 1 aliphatic rings. The van der Waals surface area contributed by atoms with Gasteiger partial charge in [-0.1, -0.05) is 42.5 Å². The Morgan fingerprint density at radius 3 is 2.76 bits per heavy atom. The van der Waals surface area contributed by atoms with E-state index in [1.807, 2.05) is 42.5 Å². The third kappa shape index (κ3) is 2.96. The zero-order valence-corrected chi connectivity index (χ0v) is 12.5. The number of amidine groups is 1. The van der Waals surface area contributed by atoms with E-state index in [2.05, 4.69) is 4.98 Å². The first-order chi connectivity index (χ1) is 10.3. The number of anilines is 1. The summed E-state index contributed by atoms with van der Waals surface area (Å²) < 4.78 is 0. The van der Waals surface area contributed by atoms with Gasteiger partial charge >= 0.3 is 0 Å². The van der Waals surface area contributed by atoms with Crippen LogP contribution in [0.2, 0.25) is 0 Å². The molecule has 0 bridgehead atoms. The number of nitrogens with one attached hydrogen (secondary N) is 1. The molecule has 0 aliphatic carbocycles. The Morgan fingerprint density at radius 1 is 1.24 bits per heavy atom. The second-order valence-electron chi connectivity index (χ2n) is 4.16. The lowest BCUT2D eigenvalue weighted by Crippen LogP contribution is -2.27. The minimum atomic E-state index is -0.197. The molecule has 21 heavy (non-hydrogen) atoms. The Bertz CT molecular complexity index is 721. The van der Waals surface area contributed by atoms with Crippen LogP contribution in [0.15, 0.2) is 59.0 Å². The molecule has 104 valence electrons. The van der Waals surface area contributed by atoms with Gasteiger partial charge in [0.25, 0.3) is 5.91 Å². The highest BCUT2D eigenvalue weighted by molar-refractivity contribution is 8.19. The molecule has 1 amide bonds. The first kappa shape index (κ1) is 13.8. The van der Waals surface area contributed by atoms with Crippen molar-refractivity contribution in [2.24, 2.45) is 0 Å². The Balaban J connectivity index is 1.78. The number of thioether (sulfide) groups is 1. The van der Waals surface area contributed by atoms with E-state index in [9.17, 15) is 4.79 Å². The second-order valence-corrected chi connectivity index (χ2v) is 6.07. The lowest BCUT2D eigenvalue weighted by atomic mass is 10.2. The molecular weight excluding hydrogens is 302 g/mol. The van der Waals surface area contributed by atoms with E-state index < -0.39 is 0 Å². The third-order valence-corrected chi connectivity index (χ3v) is 4.43. The molecule has 3 rings (SSSR count). The van der Waals surface area contributed by atoms with Gasteiger partial charge in [-0.2, -0.15) is 0 Å². The number of aromatic nitrogens is 1. The molecule has 1 N–H and O–H groups in total. The molecule has 4 nitrogen and oxygen atoms in total. The van der Waals surface area contributed by atoms with Crippen LogP contribution in [-0.4, -0.2) is 16.1 Å². The summed E-state index contributed by atoms with van der Waals surface area (Å²) in [6.07, 6.45) is 7.12. The van der Waals surface area contributed by atoms with Gasteiger partial charge in [0.2, 0.25) is 0 Å². The summed E-state index contributed by atoms with van der Waals surface area (Å²) in [5, 5.41) is 10.4. The van der Waals surface area contributed by atoms with Gasteiger partial charge in [-0.15, -0.1) is 11.3 Å². The van der Waals surface area contributed by atoms with Crippen LogP contribution in [0, 0.1) is 5.41 Å². The standard InChI is InChI=1S/C15H11N3OS2/c16-14-18(15-17-9-10-20-15)13(19)12(21-14)8-4-7-11-5-2-1-3-6-11/h1-10,16H. The van der Waals surface area contributed by atoms with E-state index in [4.69, 9.17) is 5.41 Å². The normalized spacial score (nSPS) is 17.3. The zero-order chi connectivity index (χ0) is 14.7. The minimum Gasteiger partial charge on any atom is -0.278 e. The fourth-order valence-corrected chi connectivity index (χ4v) is 3.31. The molecule has 0 unspecified atom stereocenters. The van der Waals surface area contributed by atoms with Crippen LogP contribution in [-0.2, 0) is 4.79 Å². The Kier molecular flexibility index (Phi) is 3.98. The summed E-state index contributed by atoms with van der Waals surface area (Å²) in [4.78, 5) is 18.2. The minimum absolute atomic E-state index is 0.189. The van der Waals surface area contributed by atoms with E-state index in [0.29, 0.717) is 10.0 Å². The molecule has 2 aromatic rings. The van der Waals surface area contributed by atoms with Gasteiger partial charge in [-0.25, -0.2) is 9.88 Å². The Labute approximate surface area is 130 Å². The first-order valence-corrected chi connectivity index (χ1v) is 7.89. The Morgan fingerprint density at radius 2 is 2.05 bits per heavy atom. The maximum atomic E-state index is 12.3. The maximum Gasteiger partial charge on any atom is 0.273 e. The van der Waals surface area contributed by atoms with Crippen LogP contribution < -0.4 is 4.90 Å². The first-order valence-electron chi connectivity index (χ1n) is 6.19. The fraction of sp³-hybridized carbons (Fsp3) is 0. The molecule has 1 fully saturated rings. The second kappa shape index (κ2) is 6.07. The molecule has 1 aliphatic heterocycles. The van der Waals surface area contributed by atoms with E-state index in [1.54, 1.807) is 17.7 Å². The summed E-state index contributed by atoms with van der Waals surface area (Å²) in [6, 6.07) is 9.86. The number of hydrogen-bond donors (Lipinski definition) is 1. The molecule has 0 atom stereocenters. The summed E-state index contributed by atoms with van der Waals surface area (Å²) in [7, 11) is 0. The van der Waals surface area contributed by atoms with Crippen LogP contribution in [0.25, 0.3) is 6.08 Å². The van der Waals surface area contributed by atoms with E-state index in [0.717, 1.165) is 17.3 Å². The highest BCUT2D eigenvalue weighted by Crippen LogP contribution is 2.34. The number of carbonyl (C=O) groups excluding carboxylic acids is 1. The van der Waals surface area contributed by atoms with Gasteiger partial charge in [-0.3, -0.25) is 10.2 Å². The number of thiazole rings is 1. The van der Waals surface area contributed by atoms with Crippen molar-refractivity contribution in [2.45, 2.75) is 0 Å². The number of rotatable bonds is 3. The van der Waals surface area contributed by atoms with Crippen molar-refractivity contribution in [3.8, 4) is 0 Å². The van der Waals surface area contributed by atoms with Gasteiger partial charge in [0.15, 0.2) is 10.3 Å². The highest BCUT2D eigenvalue weighted by Gasteiger charge is 2.34. The summed E-state index contributed by atoms with van der Waals surface area (Å²) in [5.41, 5.74) is 1.07. The molecule has 1 aromatic heterocycles. The van der Waals surface area contributed by atoms with Crippen LogP contribution in [0.3, 0.4) is 0 Å². The van der Waals surface area contributed by atoms with Crippen molar-refractivity contribution >= 4 is 45.4 Å². The summed E-state index contributed by atoms with van der Waals surface area (Å²) >= 11 is 2.50. The number of hydrogen-bond acceptors (Lipinski definition) is 5. The number of carbonyl (C=O) groups is 1. The van der Waals surface area contributed by atoms with Gasteiger partial charge in [0, 0.05) is 11.6 Å². The summed E-state index contributed by atoms with van der Waals surface area (Å²) in [5.74, 6) is -0.197. The van der Waals surface area contributed by atoms with Crippen LogP contribution in [0.1, 0.15) is 5.56 Å². The average molecular weight is 313 g/mol. The van der Waals surface area contributed by atoms with Crippen molar-refractivity contribution in [3.63, 3.8) is 0 Å². The van der Waals surface area contributed by atoms with Gasteiger partial charge < -0.3 is 0 Å². The molecule has 0 spiro atoms. The Hall–Kier alpha value is -2.18. The molecule has 1 saturated heterocycles. The predicted octanol–water partition coefficient (Wildman–Crippen LogP) is 3.75. The van der Waals surface area contributed by atoms with E-state index in [1.165, 1.54) is 16.2 Å². The maximum absolute atomic E-state index is 12.3. The highest BCUT2D eigenvalue weighted by atomic mass is 32.2. The van der Waals surface area contributed by atoms with Crippen LogP contribution >= 0.6 is 23.1 Å². The number of amides is 1. The quantitative estimate of drug-likeness (QED) is 0.878. The molecule has 0 radical (unpaired) electrons. The van der Waals surface area contributed by atoms with Crippen molar-refractivity contribution in [3.05, 3.63) is 64.5 Å². The topological polar surface area (TPSA) is 57.1 Å². The van der Waals surface area contributed by atoms with Gasteiger partial charge in [0.1, 0.15) is 0 Å². The SMILES string of the molecule is N=C1SC(=CC=Cc2ccccc2)C(=O)N1c1nccs1. The lowest BCUT2D eigenvalue weighted by molar-refractivity contribution is -0.113. The zero-order valence-electron chi connectivity index (χ0n) is 10.9. The van der Waals surface area contributed by atoms with Crippen molar-refractivity contribution in [1.82, 2.24) is 4.98 Å². The average Bonchev–Trinajstić information content (AvgIpc) is 3.09. The monoisotopic (exact) mass is 313 g/mol. The summed E-state index contributed by atoms with van der Waals surface area (Å²) in [6.45, 7) is 0. The molecule has 6 heteroatoms. The molecule has 0 saturated carbocycles. The number of allylic oxidation sites excluding steroid dienone is 2. The predicted molar refractivity (Wildman–Crippen MR) is 88.5 cm³/mol. The molecule has 1 aromatic carbocycles. The third-order valence-electron chi connectivity index (χ3n) is 2.77. The smallest absolute Gasteiger partial charge is 0.273 e. The van der Waals surface area contributed by atoms with Crippen LogP contribution in [0.4, 0.5) is 5.13 Å². The van der Waals surface area contributed by atoms with Crippen molar-refractivity contribution < 1.29 is 4.79 Å². The van der Waals surface area contributed by atoms with Gasteiger partial charge in [-0.05, 0) is 23.4 Å². The molecule has 2 heterocycles. The number of nitrogens with zero attached hydrogens (tertiary/aromatic N) is 2. The largest absolute Gasteiger partial charge is 0.278 e. The molecular formula is C15H11N3OS2.